The number of nitrogens with one attached hydrogen (secondary N) is 1. The van der Waals surface area contributed by atoms with Gasteiger partial charge in [-0.2, -0.15) is 0 Å². The lowest BCUT2D eigenvalue weighted by Gasteiger charge is -2.28. The first-order valence-corrected chi connectivity index (χ1v) is 7.85. The third kappa shape index (κ3) is 6.44. The molecule has 0 aliphatic rings. The molecule has 0 heterocycles. The summed E-state index contributed by atoms with van der Waals surface area (Å²) >= 11 is 0. The van der Waals surface area contributed by atoms with Crippen molar-refractivity contribution in [3.63, 3.8) is 0 Å². The highest BCUT2D eigenvalue weighted by atomic mass is 19.1. The summed E-state index contributed by atoms with van der Waals surface area (Å²) in [6.07, 6.45) is 1.09. The first-order valence-electron chi connectivity index (χ1n) is 7.85. The van der Waals surface area contributed by atoms with E-state index in [0.717, 1.165) is 37.3 Å². The Kier molecular flexibility index (Phi) is 7.68. The zero-order valence-corrected chi connectivity index (χ0v) is 14.1. The molecule has 0 saturated heterocycles. The number of likely N-dealkylation sites (N-methyl/N-ethyl adjacent to an activating group) is 1. The van der Waals surface area contributed by atoms with Gasteiger partial charge in [0.1, 0.15) is 5.82 Å². The van der Waals surface area contributed by atoms with Crippen molar-refractivity contribution in [1.82, 2.24) is 10.2 Å². The molecule has 0 aromatic heterocycles. The molecule has 4 heteroatoms. The predicted octanol–water partition coefficient (Wildman–Crippen LogP) is 3.10. The molecule has 0 aliphatic heterocycles. The van der Waals surface area contributed by atoms with Crippen molar-refractivity contribution in [3.05, 3.63) is 29.6 Å². The van der Waals surface area contributed by atoms with Gasteiger partial charge in [-0.1, -0.05) is 20.8 Å². The maximum Gasteiger partial charge on any atom is 0.123 e. The number of anilines is 1. The minimum absolute atomic E-state index is 0.164. The fourth-order valence-electron chi connectivity index (χ4n) is 2.26. The number of nitrogens with zero attached hydrogens (tertiary/aromatic N) is 2. The highest BCUT2D eigenvalue weighted by Gasteiger charge is 2.12. The summed E-state index contributed by atoms with van der Waals surface area (Å²) in [5, 5.41) is 3.39. The molecule has 1 aromatic rings. The van der Waals surface area contributed by atoms with E-state index < -0.39 is 0 Å². The van der Waals surface area contributed by atoms with Crippen LogP contribution < -0.4 is 10.2 Å². The molecule has 0 atom stereocenters. The summed E-state index contributed by atoms with van der Waals surface area (Å²) < 4.78 is 13.6. The van der Waals surface area contributed by atoms with E-state index >= 15 is 0 Å². The van der Waals surface area contributed by atoms with Gasteiger partial charge in [-0.3, -0.25) is 0 Å². The maximum atomic E-state index is 13.6. The number of hydrogen-bond donors (Lipinski definition) is 1. The van der Waals surface area contributed by atoms with Crippen LogP contribution in [0.25, 0.3) is 0 Å². The van der Waals surface area contributed by atoms with Crippen LogP contribution in [0.15, 0.2) is 18.2 Å². The van der Waals surface area contributed by atoms with Gasteiger partial charge in [-0.05, 0) is 44.3 Å². The monoisotopic (exact) mass is 295 g/mol. The van der Waals surface area contributed by atoms with Crippen molar-refractivity contribution in [2.75, 3.05) is 38.6 Å². The van der Waals surface area contributed by atoms with Crippen molar-refractivity contribution in [2.24, 2.45) is 0 Å². The third-order valence-corrected chi connectivity index (χ3v) is 3.39. The second-order valence-corrected chi connectivity index (χ2v) is 6.10. The van der Waals surface area contributed by atoms with E-state index in [9.17, 15) is 4.39 Å². The molecule has 21 heavy (non-hydrogen) atoms. The fourth-order valence-corrected chi connectivity index (χ4v) is 2.26. The third-order valence-electron chi connectivity index (χ3n) is 3.39. The molecule has 0 bridgehead atoms. The molecule has 0 amide bonds. The summed E-state index contributed by atoms with van der Waals surface area (Å²) in [5.74, 6) is -0.164. The van der Waals surface area contributed by atoms with Gasteiger partial charge >= 0.3 is 0 Å². The molecule has 1 aromatic carbocycles. The van der Waals surface area contributed by atoms with Crippen LogP contribution in [0.5, 0.6) is 0 Å². The van der Waals surface area contributed by atoms with E-state index in [2.05, 4.69) is 50.0 Å². The molecule has 1 rings (SSSR count). The molecule has 0 spiro atoms. The van der Waals surface area contributed by atoms with Gasteiger partial charge in [0, 0.05) is 37.9 Å². The van der Waals surface area contributed by atoms with Crippen LogP contribution in [0.2, 0.25) is 0 Å². The van der Waals surface area contributed by atoms with E-state index in [1.807, 2.05) is 6.07 Å². The number of benzene rings is 1. The summed E-state index contributed by atoms with van der Waals surface area (Å²) in [5.41, 5.74) is 2.18. The average molecular weight is 295 g/mol. The number of rotatable bonds is 9. The van der Waals surface area contributed by atoms with Crippen LogP contribution in [-0.4, -0.2) is 44.7 Å². The normalized spacial score (nSPS) is 11.4. The van der Waals surface area contributed by atoms with Crippen molar-refractivity contribution in [2.45, 2.75) is 39.8 Å². The Labute approximate surface area is 129 Å². The Morgan fingerprint density at radius 3 is 2.43 bits per heavy atom. The van der Waals surface area contributed by atoms with E-state index in [-0.39, 0.29) is 5.82 Å². The highest BCUT2D eigenvalue weighted by molar-refractivity contribution is 5.54. The van der Waals surface area contributed by atoms with Gasteiger partial charge in [0.2, 0.25) is 0 Å². The minimum Gasteiger partial charge on any atom is -0.370 e. The largest absolute Gasteiger partial charge is 0.370 e. The van der Waals surface area contributed by atoms with Crippen molar-refractivity contribution in [1.29, 1.82) is 0 Å². The SMILES string of the molecule is CCCN(CCN(C)C)c1ccc(F)cc1CNC(C)C. The van der Waals surface area contributed by atoms with Crippen molar-refractivity contribution >= 4 is 5.69 Å². The Bertz CT molecular complexity index is 418. The molecular formula is C17H30FN3. The second-order valence-electron chi connectivity index (χ2n) is 6.10. The number of hydrogen-bond acceptors (Lipinski definition) is 3. The van der Waals surface area contributed by atoms with Crippen LogP contribution in [0.3, 0.4) is 0 Å². The Morgan fingerprint density at radius 1 is 1.14 bits per heavy atom. The maximum absolute atomic E-state index is 13.6. The molecule has 0 aliphatic carbocycles. The van der Waals surface area contributed by atoms with Gasteiger partial charge in [0.15, 0.2) is 0 Å². The summed E-state index contributed by atoms with van der Waals surface area (Å²) in [4.78, 5) is 4.54. The lowest BCUT2D eigenvalue weighted by atomic mass is 10.1. The van der Waals surface area contributed by atoms with Crippen LogP contribution in [0.4, 0.5) is 10.1 Å². The van der Waals surface area contributed by atoms with Gasteiger partial charge in [0.25, 0.3) is 0 Å². The second kappa shape index (κ2) is 9.00. The van der Waals surface area contributed by atoms with Crippen LogP contribution in [0, 0.1) is 5.82 Å². The molecule has 0 radical (unpaired) electrons. The lowest BCUT2D eigenvalue weighted by Crippen LogP contribution is -2.33. The standard InChI is InChI=1S/C17H30FN3/c1-6-9-21(11-10-20(4)5)17-8-7-16(18)12-15(17)13-19-14(2)3/h7-8,12,14,19H,6,9-11,13H2,1-5H3. The van der Waals surface area contributed by atoms with E-state index in [0.29, 0.717) is 12.6 Å². The van der Waals surface area contributed by atoms with Crippen LogP contribution >= 0.6 is 0 Å². The summed E-state index contributed by atoms with van der Waals surface area (Å²) in [6.45, 7) is 10.0. The zero-order valence-electron chi connectivity index (χ0n) is 14.1. The Morgan fingerprint density at radius 2 is 1.86 bits per heavy atom. The van der Waals surface area contributed by atoms with Gasteiger partial charge in [-0.15, -0.1) is 0 Å². The minimum atomic E-state index is -0.164. The smallest absolute Gasteiger partial charge is 0.123 e. The van der Waals surface area contributed by atoms with Crippen LogP contribution in [-0.2, 0) is 6.54 Å². The molecule has 0 unspecified atom stereocenters. The van der Waals surface area contributed by atoms with E-state index in [1.165, 1.54) is 0 Å². The van der Waals surface area contributed by atoms with Crippen LogP contribution in [0.1, 0.15) is 32.8 Å². The van der Waals surface area contributed by atoms with Crippen molar-refractivity contribution in [3.8, 4) is 0 Å². The molecular weight excluding hydrogens is 265 g/mol. The van der Waals surface area contributed by atoms with Gasteiger partial charge < -0.3 is 15.1 Å². The molecule has 0 saturated carbocycles. The molecule has 120 valence electrons. The first kappa shape index (κ1) is 17.9. The topological polar surface area (TPSA) is 18.5 Å². The average Bonchev–Trinajstić information content (AvgIpc) is 2.41. The quantitative estimate of drug-likeness (QED) is 0.755. The molecule has 0 fully saturated rings. The Balaban J connectivity index is 2.93. The summed E-state index contributed by atoms with van der Waals surface area (Å²) in [7, 11) is 4.16. The first-order chi connectivity index (χ1) is 9.93. The molecule has 3 nitrogen and oxygen atoms in total. The Hall–Kier alpha value is -1.13. The van der Waals surface area contributed by atoms with Gasteiger partial charge in [-0.25, -0.2) is 4.39 Å². The number of halogens is 1. The fraction of sp³-hybridized carbons (Fsp3) is 0.647. The predicted molar refractivity (Wildman–Crippen MR) is 89.4 cm³/mol. The van der Waals surface area contributed by atoms with E-state index in [1.54, 1.807) is 12.1 Å². The lowest BCUT2D eigenvalue weighted by molar-refractivity contribution is 0.412. The zero-order chi connectivity index (χ0) is 15.8. The van der Waals surface area contributed by atoms with E-state index in [4.69, 9.17) is 0 Å². The van der Waals surface area contributed by atoms with Crippen molar-refractivity contribution < 1.29 is 4.39 Å². The van der Waals surface area contributed by atoms with Gasteiger partial charge in [0.05, 0.1) is 0 Å². The highest BCUT2D eigenvalue weighted by Crippen LogP contribution is 2.22. The molecule has 1 N–H and O–H groups in total. The summed E-state index contributed by atoms with van der Waals surface area (Å²) in [6, 6.07) is 5.52.